The van der Waals surface area contributed by atoms with Crippen molar-refractivity contribution >= 4 is 52.4 Å². The van der Waals surface area contributed by atoms with Gasteiger partial charge in [0.15, 0.2) is 0 Å². The second kappa shape index (κ2) is 10.5. The highest BCUT2D eigenvalue weighted by Gasteiger charge is 2.29. The molecule has 1 saturated heterocycles. The van der Waals surface area contributed by atoms with Gasteiger partial charge >= 0.3 is 6.03 Å². The monoisotopic (exact) mass is 462 g/mol. The summed E-state index contributed by atoms with van der Waals surface area (Å²) in [6.45, 7) is 3.24. The number of piperidine rings is 1. The lowest BCUT2D eigenvalue weighted by atomic mass is 9.96. The fourth-order valence-corrected chi connectivity index (χ4v) is 3.74. The van der Waals surface area contributed by atoms with Gasteiger partial charge in [-0.15, -0.1) is 0 Å². The summed E-state index contributed by atoms with van der Waals surface area (Å²) in [4.78, 5) is 39.0. The highest BCUT2D eigenvalue weighted by molar-refractivity contribution is 6.42. The van der Waals surface area contributed by atoms with Gasteiger partial charge < -0.3 is 20.9 Å². The van der Waals surface area contributed by atoms with E-state index in [1.807, 2.05) is 6.92 Å². The van der Waals surface area contributed by atoms with Crippen LogP contribution >= 0.6 is 23.2 Å². The van der Waals surface area contributed by atoms with Gasteiger partial charge in [0.05, 0.1) is 16.0 Å². The Labute approximate surface area is 191 Å². The van der Waals surface area contributed by atoms with Crippen LogP contribution in [0.15, 0.2) is 42.5 Å². The first-order valence-corrected chi connectivity index (χ1v) is 10.8. The quantitative estimate of drug-likeness (QED) is 0.604. The Morgan fingerprint density at radius 3 is 2.48 bits per heavy atom. The zero-order valence-electron chi connectivity index (χ0n) is 17.1. The summed E-state index contributed by atoms with van der Waals surface area (Å²) in [5.74, 6) is -0.675. The molecule has 31 heavy (non-hydrogen) atoms. The Hall–Kier alpha value is -2.77. The molecular weight excluding hydrogens is 439 g/mol. The summed E-state index contributed by atoms with van der Waals surface area (Å²) < 4.78 is 0. The van der Waals surface area contributed by atoms with Crippen molar-refractivity contribution in [1.82, 2.24) is 10.2 Å². The summed E-state index contributed by atoms with van der Waals surface area (Å²) >= 11 is 12.0. The van der Waals surface area contributed by atoms with Crippen molar-refractivity contribution in [2.45, 2.75) is 19.8 Å². The second-order valence-electron chi connectivity index (χ2n) is 7.27. The molecule has 164 valence electrons. The van der Waals surface area contributed by atoms with E-state index in [-0.39, 0.29) is 23.8 Å². The molecule has 0 bridgehead atoms. The molecule has 4 amide bonds. The third-order valence-electron chi connectivity index (χ3n) is 4.97. The van der Waals surface area contributed by atoms with Gasteiger partial charge in [0.25, 0.3) is 5.91 Å². The molecule has 3 rings (SSSR count). The van der Waals surface area contributed by atoms with Crippen LogP contribution in [0.5, 0.6) is 0 Å². The Morgan fingerprint density at radius 2 is 1.77 bits per heavy atom. The van der Waals surface area contributed by atoms with Crippen LogP contribution in [-0.4, -0.2) is 42.4 Å². The van der Waals surface area contributed by atoms with Crippen LogP contribution in [0, 0.1) is 5.92 Å². The van der Waals surface area contributed by atoms with Gasteiger partial charge in [-0.3, -0.25) is 9.59 Å². The number of likely N-dealkylation sites (tertiary alicyclic amines) is 1. The minimum atomic E-state index is -0.333. The van der Waals surface area contributed by atoms with E-state index >= 15 is 0 Å². The summed E-state index contributed by atoms with van der Waals surface area (Å²) in [7, 11) is 0. The Balaban J connectivity index is 1.62. The zero-order valence-corrected chi connectivity index (χ0v) is 18.6. The summed E-state index contributed by atoms with van der Waals surface area (Å²) in [6.07, 6.45) is 1.41. The van der Waals surface area contributed by atoms with E-state index < -0.39 is 0 Å². The number of nitrogens with one attached hydrogen (secondary N) is 3. The van der Waals surface area contributed by atoms with Crippen molar-refractivity contribution < 1.29 is 14.4 Å². The van der Waals surface area contributed by atoms with Crippen molar-refractivity contribution in [2.24, 2.45) is 5.92 Å². The van der Waals surface area contributed by atoms with E-state index in [0.29, 0.717) is 53.0 Å². The van der Waals surface area contributed by atoms with Crippen molar-refractivity contribution in [3.63, 3.8) is 0 Å². The van der Waals surface area contributed by atoms with E-state index in [0.717, 1.165) is 6.42 Å². The maximum Gasteiger partial charge on any atom is 0.319 e. The normalized spacial score (nSPS) is 15.8. The molecule has 0 aliphatic carbocycles. The number of halogens is 2. The number of amides is 4. The topological polar surface area (TPSA) is 90.5 Å². The molecule has 7 nitrogen and oxygen atoms in total. The van der Waals surface area contributed by atoms with Crippen molar-refractivity contribution in [3.8, 4) is 0 Å². The highest BCUT2D eigenvalue weighted by Crippen LogP contribution is 2.25. The van der Waals surface area contributed by atoms with E-state index in [1.54, 1.807) is 47.4 Å². The van der Waals surface area contributed by atoms with Crippen LogP contribution in [0.2, 0.25) is 10.0 Å². The van der Waals surface area contributed by atoms with Crippen LogP contribution < -0.4 is 16.0 Å². The molecular formula is C22H24Cl2N4O3. The van der Waals surface area contributed by atoms with Crippen LogP contribution in [-0.2, 0) is 4.79 Å². The largest absolute Gasteiger partial charge is 0.338 e. The SMILES string of the molecule is CCNC(=O)Nc1cccc(NC(=O)C2CCCN(C(=O)c3ccc(Cl)c(Cl)c3)C2)c1. The van der Waals surface area contributed by atoms with E-state index in [4.69, 9.17) is 23.2 Å². The van der Waals surface area contributed by atoms with Gasteiger partial charge in [0.1, 0.15) is 0 Å². The smallest absolute Gasteiger partial charge is 0.319 e. The van der Waals surface area contributed by atoms with Crippen molar-refractivity contribution in [3.05, 3.63) is 58.1 Å². The average molecular weight is 463 g/mol. The first-order valence-electron chi connectivity index (χ1n) is 10.1. The molecule has 0 radical (unpaired) electrons. The fourth-order valence-electron chi connectivity index (χ4n) is 3.44. The molecule has 1 fully saturated rings. The Bertz CT molecular complexity index is 983. The highest BCUT2D eigenvalue weighted by atomic mass is 35.5. The van der Waals surface area contributed by atoms with E-state index in [2.05, 4.69) is 16.0 Å². The lowest BCUT2D eigenvalue weighted by Gasteiger charge is -2.32. The molecule has 1 aliphatic rings. The molecule has 9 heteroatoms. The zero-order chi connectivity index (χ0) is 22.4. The molecule has 0 aromatic heterocycles. The number of anilines is 2. The molecule has 0 spiro atoms. The molecule has 2 aromatic carbocycles. The van der Waals surface area contributed by atoms with Crippen LogP contribution in [0.25, 0.3) is 0 Å². The predicted octanol–water partition coefficient (Wildman–Crippen LogP) is 4.63. The molecule has 0 saturated carbocycles. The first kappa shape index (κ1) is 22.9. The van der Waals surface area contributed by atoms with Gasteiger partial charge in [-0.05, 0) is 56.2 Å². The Morgan fingerprint density at radius 1 is 1.03 bits per heavy atom. The molecule has 1 unspecified atom stereocenters. The molecule has 1 aliphatic heterocycles. The van der Waals surface area contributed by atoms with Crippen molar-refractivity contribution in [1.29, 1.82) is 0 Å². The minimum absolute atomic E-state index is 0.165. The van der Waals surface area contributed by atoms with Gasteiger partial charge in [-0.1, -0.05) is 29.3 Å². The molecule has 1 atom stereocenters. The lowest BCUT2D eigenvalue weighted by molar-refractivity contribution is -0.121. The van der Waals surface area contributed by atoms with Crippen LogP contribution in [0.1, 0.15) is 30.1 Å². The number of nitrogens with zero attached hydrogens (tertiary/aromatic N) is 1. The Kier molecular flexibility index (Phi) is 7.76. The van der Waals surface area contributed by atoms with Gasteiger partial charge in [-0.25, -0.2) is 4.79 Å². The van der Waals surface area contributed by atoms with Gasteiger partial charge in [-0.2, -0.15) is 0 Å². The molecule has 1 heterocycles. The number of rotatable bonds is 5. The third kappa shape index (κ3) is 6.12. The maximum atomic E-state index is 12.8. The van der Waals surface area contributed by atoms with E-state index in [1.165, 1.54) is 0 Å². The number of carbonyl (C=O) groups excluding carboxylic acids is 3. The fraction of sp³-hybridized carbons (Fsp3) is 0.318. The third-order valence-corrected chi connectivity index (χ3v) is 5.71. The lowest BCUT2D eigenvalue weighted by Crippen LogP contribution is -2.43. The second-order valence-corrected chi connectivity index (χ2v) is 8.09. The number of hydrogen-bond acceptors (Lipinski definition) is 3. The predicted molar refractivity (Wildman–Crippen MR) is 123 cm³/mol. The number of carbonyl (C=O) groups is 3. The molecule has 2 aromatic rings. The standard InChI is InChI=1S/C22H24Cl2N4O3/c1-2-25-22(31)27-17-7-3-6-16(12-17)26-20(29)15-5-4-10-28(13-15)21(30)14-8-9-18(23)19(24)11-14/h3,6-9,11-12,15H,2,4-5,10,13H2,1H3,(H,26,29)(H2,25,27,31). The average Bonchev–Trinajstić information content (AvgIpc) is 2.75. The minimum Gasteiger partial charge on any atom is -0.338 e. The number of benzene rings is 2. The molecule has 3 N–H and O–H groups in total. The summed E-state index contributed by atoms with van der Waals surface area (Å²) in [6, 6.07) is 11.4. The van der Waals surface area contributed by atoms with Gasteiger partial charge in [0, 0.05) is 36.6 Å². The maximum absolute atomic E-state index is 12.8. The van der Waals surface area contributed by atoms with E-state index in [9.17, 15) is 14.4 Å². The first-order chi connectivity index (χ1) is 14.9. The van der Waals surface area contributed by atoms with Gasteiger partial charge in [0.2, 0.25) is 5.91 Å². The summed E-state index contributed by atoms with van der Waals surface area (Å²) in [5, 5.41) is 8.95. The van der Waals surface area contributed by atoms with Crippen molar-refractivity contribution in [2.75, 3.05) is 30.3 Å². The van der Waals surface area contributed by atoms with Crippen LogP contribution in [0.3, 0.4) is 0 Å². The van der Waals surface area contributed by atoms with Crippen LogP contribution in [0.4, 0.5) is 16.2 Å². The number of urea groups is 1. The summed E-state index contributed by atoms with van der Waals surface area (Å²) in [5.41, 5.74) is 1.59. The number of hydrogen-bond donors (Lipinski definition) is 3.